The maximum Gasteiger partial charge on any atom is 0.335 e. The summed E-state index contributed by atoms with van der Waals surface area (Å²) in [6.07, 6.45) is 42.8. The van der Waals surface area contributed by atoms with Gasteiger partial charge >= 0.3 is 17.9 Å². The molecule has 0 spiro atoms. The molecule has 0 aliphatic carbocycles. The molecule has 1 saturated heterocycles. The van der Waals surface area contributed by atoms with E-state index in [0.29, 0.717) is 19.3 Å². The van der Waals surface area contributed by atoms with Gasteiger partial charge in [-0.25, -0.2) is 4.79 Å². The fourth-order valence-electron chi connectivity index (χ4n) is 5.73. The molecule has 0 aromatic rings. The second-order valence-corrected chi connectivity index (χ2v) is 14.4. The lowest BCUT2D eigenvalue weighted by atomic mass is 9.99. The predicted molar refractivity (Wildman–Crippen MR) is 238 cm³/mol. The largest absolute Gasteiger partial charge is 0.479 e. The Morgan fingerprint density at radius 3 is 1.43 bits per heavy atom. The number of rotatable bonds is 34. The van der Waals surface area contributed by atoms with Crippen molar-refractivity contribution in [3.8, 4) is 0 Å². The third-order valence-corrected chi connectivity index (χ3v) is 9.12. The van der Waals surface area contributed by atoms with Crippen LogP contribution in [0.2, 0.25) is 0 Å². The van der Waals surface area contributed by atoms with Crippen molar-refractivity contribution in [2.45, 2.75) is 166 Å². The van der Waals surface area contributed by atoms with Gasteiger partial charge in [-0.1, -0.05) is 136 Å². The van der Waals surface area contributed by atoms with Crippen molar-refractivity contribution in [1.29, 1.82) is 0 Å². The van der Waals surface area contributed by atoms with Gasteiger partial charge in [0.05, 0.1) is 6.61 Å². The highest BCUT2D eigenvalue weighted by Gasteiger charge is 2.47. The van der Waals surface area contributed by atoms with E-state index in [0.717, 1.165) is 83.5 Å². The summed E-state index contributed by atoms with van der Waals surface area (Å²) in [5.74, 6) is -2.57. The van der Waals surface area contributed by atoms with Crippen LogP contribution in [0.5, 0.6) is 0 Å². The summed E-state index contributed by atoms with van der Waals surface area (Å²) < 4.78 is 21.6. The van der Waals surface area contributed by atoms with E-state index in [2.05, 4.69) is 111 Å². The molecule has 0 amide bonds. The quantitative estimate of drug-likeness (QED) is 0.0277. The van der Waals surface area contributed by atoms with Crippen LogP contribution in [0.25, 0.3) is 0 Å². The number of carboxylic acids is 1. The van der Waals surface area contributed by atoms with Crippen LogP contribution in [0.15, 0.2) is 109 Å². The van der Waals surface area contributed by atoms with Crippen molar-refractivity contribution < 1.29 is 53.8 Å². The summed E-state index contributed by atoms with van der Waals surface area (Å²) >= 11 is 0. The van der Waals surface area contributed by atoms with E-state index in [9.17, 15) is 34.8 Å². The number of aliphatic hydroxyl groups excluding tert-OH is 3. The molecule has 1 rings (SSSR count). The number of ether oxygens (including phenoxy) is 4. The van der Waals surface area contributed by atoms with Crippen molar-refractivity contribution in [3.63, 3.8) is 0 Å². The Labute approximate surface area is 359 Å². The Morgan fingerprint density at radius 2 is 0.950 bits per heavy atom. The van der Waals surface area contributed by atoms with Crippen LogP contribution in [0.3, 0.4) is 0 Å². The van der Waals surface area contributed by atoms with Gasteiger partial charge in [0.25, 0.3) is 0 Å². The van der Waals surface area contributed by atoms with Crippen LogP contribution in [0.4, 0.5) is 0 Å². The molecule has 1 heterocycles. The third-order valence-electron chi connectivity index (χ3n) is 9.12. The molecule has 11 nitrogen and oxygen atoms in total. The first-order valence-electron chi connectivity index (χ1n) is 21.9. The topological polar surface area (TPSA) is 169 Å². The fraction of sp³-hybridized carbons (Fsp3) is 0.571. The van der Waals surface area contributed by atoms with Crippen molar-refractivity contribution >= 4 is 17.9 Å². The summed E-state index contributed by atoms with van der Waals surface area (Å²) in [6.45, 7) is 3.49. The van der Waals surface area contributed by atoms with Gasteiger partial charge in [-0.05, 0) is 89.9 Å². The summed E-state index contributed by atoms with van der Waals surface area (Å²) in [5, 5.41) is 39.8. The van der Waals surface area contributed by atoms with Gasteiger partial charge in [0.2, 0.25) is 0 Å². The fourth-order valence-corrected chi connectivity index (χ4v) is 5.73. The van der Waals surface area contributed by atoms with E-state index in [1.807, 2.05) is 12.2 Å². The minimum atomic E-state index is -1.88. The summed E-state index contributed by atoms with van der Waals surface area (Å²) in [5.41, 5.74) is 0. The number of hydrogen-bond acceptors (Lipinski definition) is 10. The van der Waals surface area contributed by atoms with Gasteiger partial charge in [-0.3, -0.25) is 9.59 Å². The second kappa shape index (κ2) is 37.8. The van der Waals surface area contributed by atoms with Gasteiger partial charge in [-0.15, -0.1) is 0 Å². The Kier molecular flexibility index (Phi) is 34.0. The SMILES string of the molecule is CC/C=C\C/C=C\C/C=C\C/C=C\C/C=C\CCCC(=O)OCC(COC1OC(C(=O)O)C(O)C(O)C1O)OC(=O)CCCCCC/C=C\C/C=C\C/C=C\C/C=C\CC. The zero-order valence-corrected chi connectivity index (χ0v) is 36.1. The summed E-state index contributed by atoms with van der Waals surface area (Å²) in [4.78, 5) is 36.8. The van der Waals surface area contributed by atoms with Crippen LogP contribution in [0.1, 0.15) is 129 Å². The van der Waals surface area contributed by atoms with E-state index < -0.39 is 61.3 Å². The predicted octanol–water partition coefficient (Wildman–Crippen LogP) is 9.42. The molecular formula is C49H74O11. The number of hydrogen-bond donors (Lipinski definition) is 4. The number of allylic oxidation sites excluding steroid dienone is 18. The van der Waals surface area contributed by atoms with E-state index in [-0.39, 0.29) is 19.4 Å². The molecule has 0 saturated carbocycles. The van der Waals surface area contributed by atoms with Gasteiger partial charge in [-0.2, -0.15) is 0 Å². The molecule has 11 heteroatoms. The Morgan fingerprint density at radius 1 is 0.517 bits per heavy atom. The molecule has 6 atom stereocenters. The average molecular weight is 839 g/mol. The Hall–Kier alpha value is -4.13. The molecule has 336 valence electrons. The smallest absolute Gasteiger partial charge is 0.335 e. The number of unbranched alkanes of at least 4 members (excludes halogenated alkanes) is 5. The van der Waals surface area contributed by atoms with Crippen LogP contribution < -0.4 is 0 Å². The Bertz CT molecular complexity index is 1400. The van der Waals surface area contributed by atoms with Gasteiger partial charge in [0.15, 0.2) is 18.5 Å². The average Bonchev–Trinajstić information content (AvgIpc) is 3.23. The molecule has 60 heavy (non-hydrogen) atoms. The Balaban J connectivity index is 2.46. The summed E-state index contributed by atoms with van der Waals surface area (Å²) in [7, 11) is 0. The number of carboxylic acid groups (broad SMARTS) is 1. The summed E-state index contributed by atoms with van der Waals surface area (Å²) in [6, 6.07) is 0. The lowest BCUT2D eigenvalue weighted by Crippen LogP contribution is -2.60. The maximum absolute atomic E-state index is 12.8. The molecule has 6 unspecified atom stereocenters. The van der Waals surface area contributed by atoms with Gasteiger partial charge < -0.3 is 39.4 Å². The highest BCUT2D eigenvalue weighted by molar-refractivity contribution is 5.73. The molecule has 1 aliphatic rings. The minimum Gasteiger partial charge on any atom is -0.479 e. The lowest BCUT2D eigenvalue weighted by Gasteiger charge is -2.38. The monoisotopic (exact) mass is 839 g/mol. The minimum absolute atomic E-state index is 0.135. The van der Waals surface area contributed by atoms with Crippen molar-refractivity contribution in [1.82, 2.24) is 0 Å². The third kappa shape index (κ3) is 29.2. The van der Waals surface area contributed by atoms with Crippen LogP contribution in [-0.2, 0) is 33.3 Å². The number of carbonyl (C=O) groups excluding carboxylic acids is 2. The maximum atomic E-state index is 12.8. The van der Waals surface area contributed by atoms with Gasteiger partial charge in [0, 0.05) is 12.8 Å². The van der Waals surface area contributed by atoms with E-state index in [1.54, 1.807) is 0 Å². The van der Waals surface area contributed by atoms with E-state index >= 15 is 0 Å². The molecule has 0 aromatic heterocycles. The van der Waals surface area contributed by atoms with Crippen molar-refractivity contribution in [2.24, 2.45) is 0 Å². The molecule has 1 aliphatic heterocycles. The van der Waals surface area contributed by atoms with E-state index in [4.69, 9.17) is 18.9 Å². The normalized spacial score (nSPS) is 20.9. The molecule has 1 fully saturated rings. The first-order valence-corrected chi connectivity index (χ1v) is 21.9. The zero-order valence-electron chi connectivity index (χ0n) is 36.1. The van der Waals surface area contributed by atoms with E-state index in [1.165, 1.54) is 0 Å². The van der Waals surface area contributed by atoms with Crippen molar-refractivity contribution in [2.75, 3.05) is 13.2 Å². The molecule has 0 aromatic carbocycles. The highest BCUT2D eigenvalue weighted by atomic mass is 16.7. The molecule has 4 N–H and O–H groups in total. The molecule has 0 radical (unpaired) electrons. The number of esters is 2. The van der Waals surface area contributed by atoms with Crippen LogP contribution in [-0.4, -0.2) is 88.4 Å². The van der Waals surface area contributed by atoms with Crippen LogP contribution >= 0.6 is 0 Å². The number of aliphatic hydroxyl groups is 3. The number of carbonyl (C=O) groups is 3. The highest BCUT2D eigenvalue weighted by Crippen LogP contribution is 2.23. The molecular weight excluding hydrogens is 765 g/mol. The van der Waals surface area contributed by atoms with Crippen LogP contribution in [0, 0.1) is 0 Å². The van der Waals surface area contributed by atoms with Gasteiger partial charge in [0.1, 0.15) is 24.9 Å². The first-order chi connectivity index (χ1) is 29.2. The standard InChI is InChI=1S/C49H74O11/c1-3-5-7-9-11-13-15-17-19-21-23-25-27-29-31-33-35-37-42(50)57-39-41(40-58-49-46(54)44(52)45(53)47(60-49)48(55)56)59-43(51)38-36-34-32-30-28-26-24-22-20-18-16-14-12-10-8-6-4-2/h5-8,11-14,17-20,23-26,29,31,41,44-47,49,52-54H,3-4,9-10,15-16,21-22,27-28,30,32-40H2,1-2H3,(H,55,56)/b7-5-,8-6-,13-11-,14-12-,19-17-,20-18-,25-23-,26-24-,31-29-. The van der Waals surface area contributed by atoms with Crippen molar-refractivity contribution in [3.05, 3.63) is 109 Å². The number of aliphatic carboxylic acids is 1. The zero-order chi connectivity index (χ0) is 43.9. The lowest BCUT2D eigenvalue weighted by molar-refractivity contribution is -0.298. The second-order valence-electron chi connectivity index (χ2n) is 14.4. The first kappa shape index (κ1) is 53.9. The molecule has 0 bridgehead atoms.